The van der Waals surface area contributed by atoms with Crippen molar-refractivity contribution >= 4 is 12.6 Å². The van der Waals surface area contributed by atoms with E-state index in [9.17, 15) is 8.78 Å². The molecule has 2 nitrogen and oxygen atoms in total. The average molecular weight is 200 g/mol. The van der Waals surface area contributed by atoms with E-state index >= 15 is 0 Å². The Hall–Kier alpha value is -0.935. The van der Waals surface area contributed by atoms with Crippen LogP contribution in [0.5, 0.6) is 0 Å². The molecule has 1 aromatic rings. The van der Waals surface area contributed by atoms with Crippen LogP contribution < -0.4 is 5.46 Å². The number of rotatable bonds is 3. The third kappa shape index (κ3) is 2.30. The lowest BCUT2D eigenvalue weighted by Gasteiger charge is -2.06. The molecule has 0 unspecified atom stereocenters. The van der Waals surface area contributed by atoms with E-state index in [1.54, 1.807) is 0 Å². The molecule has 0 radical (unpaired) electrons. The monoisotopic (exact) mass is 200 g/mol. The first kappa shape index (κ1) is 11.1. The fraction of sp³-hybridized carbons (Fsp3) is 0.333. The fourth-order valence-electron chi connectivity index (χ4n) is 1.32. The summed E-state index contributed by atoms with van der Waals surface area (Å²) in [5, 5.41) is 17.4. The number of benzene rings is 1. The molecule has 0 saturated heterocycles. The molecule has 0 aromatic heterocycles. The molecule has 0 amide bonds. The Labute approximate surface area is 81.3 Å². The fourth-order valence-corrected chi connectivity index (χ4v) is 1.32. The van der Waals surface area contributed by atoms with Crippen LogP contribution in [0.25, 0.3) is 0 Å². The molecule has 5 heteroatoms. The van der Waals surface area contributed by atoms with Gasteiger partial charge in [0.25, 0.3) is 0 Å². The van der Waals surface area contributed by atoms with Crippen molar-refractivity contribution in [3.63, 3.8) is 0 Å². The Morgan fingerprint density at radius 3 is 2.07 bits per heavy atom. The van der Waals surface area contributed by atoms with Gasteiger partial charge in [0.1, 0.15) is 11.6 Å². The number of aryl methyl sites for hydroxylation is 1. The molecular weight excluding hydrogens is 189 g/mol. The van der Waals surface area contributed by atoms with Crippen molar-refractivity contribution in [1.29, 1.82) is 0 Å². The maximum atomic E-state index is 13.1. The van der Waals surface area contributed by atoms with Gasteiger partial charge in [-0.15, -0.1) is 0 Å². The van der Waals surface area contributed by atoms with Crippen LogP contribution in [0.1, 0.15) is 18.9 Å². The lowest BCUT2D eigenvalue weighted by Crippen LogP contribution is -2.35. The minimum atomic E-state index is -2.11. The summed E-state index contributed by atoms with van der Waals surface area (Å²) >= 11 is 0. The molecule has 1 aromatic carbocycles. The minimum absolute atomic E-state index is 0.520. The highest BCUT2D eigenvalue weighted by molar-refractivity contribution is 6.58. The predicted octanol–water partition coefficient (Wildman–Crippen LogP) is 0.597. The molecule has 0 spiro atoms. The summed E-state index contributed by atoms with van der Waals surface area (Å²) in [7, 11) is -2.11. The van der Waals surface area contributed by atoms with Crippen molar-refractivity contribution in [1.82, 2.24) is 0 Å². The van der Waals surface area contributed by atoms with Gasteiger partial charge in [-0.3, -0.25) is 0 Å². The average Bonchev–Trinajstić information content (AvgIpc) is 2.01. The maximum Gasteiger partial charge on any atom is 0.494 e. The molecule has 76 valence electrons. The second-order valence-corrected chi connectivity index (χ2v) is 3.10. The van der Waals surface area contributed by atoms with Crippen LogP contribution in [-0.4, -0.2) is 17.2 Å². The van der Waals surface area contributed by atoms with Crippen LogP contribution in [0.4, 0.5) is 8.78 Å². The van der Waals surface area contributed by atoms with Crippen LogP contribution in [-0.2, 0) is 6.42 Å². The third-order valence-electron chi connectivity index (χ3n) is 1.94. The first-order valence-electron chi connectivity index (χ1n) is 4.40. The summed E-state index contributed by atoms with van der Waals surface area (Å²) in [4.78, 5) is 0. The van der Waals surface area contributed by atoms with Gasteiger partial charge in [0.05, 0.1) is 5.46 Å². The highest BCUT2D eigenvalue weighted by atomic mass is 19.1. The van der Waals surface area contributed by atoms with Crippen molar-refractivity contribution in [2.24, 2.45) is 0 Å². The van der Waals surface area contributed by atoms with Gasteiger partial charge < -0.3 is 10.0 Å². The van der Waals surface area contributed by atoms with Gasteiger partial charge in [0.15, 0.2) is 0 Å². The standard InChI is InChI=1S/C9H11BF2O2/c1-2-3-6-4-7(11)9(10(13)14)8(12)5-6/h4-5,13-14H,2-3H2,1H3. The van der Waals surface area contributed by atoms with E-state index in [0.717, 1.165) is 18.6 Å². The largest absolute Gasteiger partial charge is 0.494 e. The number of halogens is 2. The Bertz CT molecular complexity index is 306. The molecule has 1 rings (SSSR count). The third-order valence-corrected chi connectivity index (χ3v) is 1.94. The highest BCUT2D eigenvalue weighted by Crippen LogP contribution is 2.08. The molecule has 0 bridgehead atoms. The highest BCUT2D eigenvalue weighted by Gasteiger charge is 2.22. The van der Waals surface area contributed by atoms with E-state index in [1.165, 1.54) is 0 Å². The van der Waals surface area contributed by atoms with E-state index in [-0.39, 0.29) is 0 Å². The maximum absolute atomic E-state index is 13.1. The van der Waals surface area contributed by atoms with Gasteiger partial charge in [-0.05, 0) is 24.1 Å². The molecule has 2 N–H and O–H groups in total. The topological polar surface area (TPSA) is 40.5 Å². The molecule has 0 aliphatic carbocycles. The van der Waals surface area contributed by atoms with Crippen LogP contribution in [0.15, 0.2) is 12.1 Å². The molecule has 14 heavy (non-hydrogen) atoms. The van der Waals surface area contributed by atoms with Crippen molar-refractivity contribution in [3.05, 3.63) is 29.3 Å². The summed E-state index contributed by atoms with van der Waals surface area (Å²) in [6.07, 6.45) is 1.34. The summed E-state index contributed by atoms with van der Waals surface area (Å²) in [6, 6.07) is 2.25. The van der Waals surface area contributed by atoms with E-state index in [2.05, 4.69) is 0 Å². The lowest BCUT2D eigenvalue weighted by atomic mass is 9.78. The van der Waals surface area contributed by atoms with Crippen molar-refractivity contribution in [2.45, 2.75) is 19.8 Å². The van der Waals surface area contributed by atoms with E-state index in [1.807, 2.05) is 6.92 Å². The van der Waals surface area contributed by atoms with Gasteiger partial charge in [-0.25, -0.2) is 8.78 Å². The van der Waals surface area contributed by atoms with Crippen molar-refractivity contribution in [3.8, 4) is 0 Å². The molecule has 0 heterocycles. The molecule has 0 aliphatic rings. The zero-order valence-electron chi connectivity index (χ0n) is 7.80. The molecular formula is C9H11BF2O2. The van der Waals surface area contributed by atoms with Crippen molar-refractivity contribution in [2.75, 3.05) is 0 Å². The summed E-state index contributed by atoms with van der Waals surface area (Å²) in [5.41, 5.74) is -0.170. The smallest absolute Gasteiger partial charge is 0.423 e. The Kier molecular flexibility index (Phi) is 3.60. The van der Waals surface area contributed by atoms with Crippen LogP contribution in [0, 0.1) is 11.6 Å². The summed E-state index contributed by atoms with van der Waals surface area (Å²) in [6.45, 7) is 1.89. The zero-order chi connectivity index (χ0) is 10.7. The number of hydrogen-bond donors (Lipinski definition) is 2. The molecule has 0 fully saturated rings. The normalized spacial score (nSPS) is 10.4. The second-order valence-electron chi connectivity index (χ2n) is 3.10. The van der Waals surface area contributed by atoms with E-state index in [0.29, 0.717) is 12.0 Å². The van der Waals surface area contributed by atoms with Gasteiger partial charge >= 0.3 is 7.12 Å². The first-order chi connectivity index (χ1) is 6.56. The zero-order valence-corrected chi connectivity index (χ0v) is 7.80. The number of hydrogen-bond acceptors (Lipinski definition) is 2. The Morgan fingerprint density at radius 1 is 1.21 bits per heavy atom. The Morgan fingerprint density at radius 2 is 1.71 bits per heavy atom. The van der Waals surface area contributed by atoms with E-state index < -0.39 is 24.2 Å². The lowest BCUT2D eigenvalue weighted by molar-refractivity contribution is 0.419. The van der Waals surface area contributed by atoms with Crippen LogP contribution in [0.3, 0.4) is 0 Å². The SMILES string of the molecule is CCCc1cc(F)c(B(O)O)c(F)c1. The van der Waals surface area contributed by atoms with Gasteiger partial charge in [-0.2, -0.15) is 0 Å². The minimum Gasteiger partial charge on any atom is -0.423 e. The molecule has 0 aliphatic heterocycles. The summed E-state index contributed by atoms with van der Waals surface area (Å²) in [5.74, 6) is -1.83. The predicted molar refractivity (Wildman–Crippen MR) is 50.2 cm³/mol. The quantitative estimate of drug-likeness (QED) is 0.701. The molecule has 0 saturated carbocycles. The summed E-state index contributed by atoms with van der Waals surface area (Å²) < 4.78 is 26.3. The first-order valence-corrected chi connectivity index (χ1v) is 4.40. The van der Waals surface area contributed by atoms with E-state index in [4.69, 9.17) is 10.0 Å². The second kappa shape index (κ2) is 4.53. The van der Waals surface area contributed by atoms with Crippen LogP contribution in [0.2, 0.25) is 0 Å². The van der Waals surface area contributed by atoms with Gasteiger partial charge in [0, 0.05) is 0 Å². The Balaban J connectivity index is 3.11. The van der Waals surface area contributed by atoms with Crippen molar-refractivity contribution < 1.29 is 18.8 Å². The van der Waals surface area contributed by atoms with Crippen LogP contribution >= 0.6 is 0 Å². The van der Waals surface area contributed by atoms with Gasteiger partial charge in [-0.1, -0.05) is 13.3 Å². The molecule has 0 atom stereocenters. The van der Waals surface area contributed by atoms with Gasteiger partial charge in [0.2, 0.25) is 0 Å².